The van der Waals surface area contributed by atoms with Gasteiger partial charge in [0.05, 0.1) is 5.39 Å². The Morgan fingerprint density at radius 1 is 1.23 bits per heavy atom. The molecule has 7 heteroatoms. The third kappa shape index (κ3) is 2.83. The van der Waals surface area contributed by atoms with Gasteiger partial charge >= 0.3 is 5.97 Å². The molecule has 2 rings (SSSR count). The first-order valence-electron chi connectivity index (χ1n) is 6.71. The van der Waals surface area contributed by atoms with Crippen molar-refractivity contribution in [3.8, 4) is 0 Å². The van der Waals surface area contributed by atoms with E-state index >= 15 is 0 Å². The molecule has 116 valence electrons. The zero-order valence-electron chi connectivity index (χ0n) is 12.9. The van der Waals surface area contributed by atoms with Crippen molar-refractivity contribution in [2.75, 3.05) is 14.1 Å². The Bertz CT molecular complexity index is 795. The number of aryl methyl sites for hydroxylation is 1. The minimum absolute atomic E-state index is 0.0103. The molecule has 0 aliphatic heterocycles. The van der Waals surface area contributed by atoms with Crippen molar-refractivity contribution in [3.63, 3.8) is 0 Å². The summed E-state index contributed by atoms with van der Waals surface area (Å²) in [7, 11) is 4.61. The zero-order valence-corrected chi connectivity index (χ0v) is 12.9. The second-order valence-electron chi connectivity index (χ2n) is 5.10. The van der Waals surface area contributed by atoms with Gasteiger partial charge in [-0.05, 0) is 13.0 Å². The average Bonchev–Trinajstić information content (AvgIpc) is 2.49. The molecule has 0 saturated carbocycles. The van der Waals surface area contributed by atoms with Gasteiger partial charge in [-0.25, -0.2) is 9.48 Å². The van der Waals surface area contributed by atoms with Crippen molar-refractivity contribution >= 4 is 22.6 Å². The first-order valence-corrected chi connectivity index (χ1v) is 6.71. The third-order valence-electron chi connectivity index (χ3n) is 3.22. The second kappa shape index (κ2) is 5.97. The monoisotopic (exact) mass is 303 g/mol. The van der Waals surface area contributed by atoms with E-state index < -0.39 is 12.1 Å². The number of esters is 1. The number of hydrogen-bond acceptors (Lipinski definition) is 5. The van der Waals surface area contributed by atoms with Crippen LogP contribution in [0.1, 0.15) is 17.4 Å². The molecule has 1 atom stereocenters. The van der Waals surface area contributed by atoms with Crippen molar-refractivity contribution in [1.29, 1.82) is 0 Å². The molecule has 0 N–H and O–H groups in total. The summed E-state index contributed by atoms with van der Waals surface area (Å²) < 4.78 is 6.24. The number of ether oxygens (including phenoxy) is 1. The van der Waals surface area contributed by atoms with E-state index in [4.69, 9.17) is 4.74 Å². The summed E-state index contributed by atoms with van der Waals surface area (Å²) in [6, 6.07) is 6.65. The molecule has 0 radical (unpaired) electrons. The fourth-order valence-corrected chi connectivity index (χ4v) is 2.08. The van der Waals surface area contributed by atoms with Gasteiger partial charge in [-0.3, -0.25) is 9.59 Å². The van der Waals surface area contributed by atoms with E-state index in [1.54, 1.807) is 38.4 Å². The quantitative estimate of drug-likeness (QED) is 0.774. The smallest absolute Gasteiger partial charge is 0.360 e. The minimum atomic E-state index is -0.930. The van der Waals surface area contributed by atoms with Crippen LogP contribution in [0.15, 0.2) is 29.1 Å². The lowest BCUT2D eigenvalue weighted by molar-refractivity contribution is -0.137. The first kappa shape index (κ1) is 15.7. The fraction of sp³-hybridized carbons (Fsp3) is 0.333. The van der Waals surface area contributed by atoms with Crippen LogP contribution < -0.4 is 5.56 Å². The van der Waals surface area contributed by atoms with E-state index in [0.29, 0.717) is 10.8 Å². The van der Waals surface area contributed by atoms with Crippen LogP contribution in [0.2, 0.25) is 0 Å². The van der Waals surface area contributed by atoms with Gasteiger partial charge in [0.2, 0.25) is 0 Å². The van der Waals surface area contributed by atoms with E-state index in [9.17, 15) is 14.4 Å². The van der Waals surface area contributed by atoms with Gasteiger partial charge < -0.3 is 9.64 Å². The van der Waals surface area contributed by atoms with Crippen molar-refractivity contribution < 1.29 is 14.3 Å². The van der Waals surface area contributed by atoms with Crippen molar-refractivity contribution in [2.24, 2.45) is 7.05 Å². The fourth-order valence-electron chi connectivity index (χ4n) is 2.08. The second-order valence-corrected chi connectivity index (χ2v) is 5.10. The summed E-state index contributed by atoms with van der Waals surface area (Å²) in [6.07, 6.45) is -0.930. The summed E-state index contributed by atoms with van der Waals surface area (Å²) in [4.78, 5) is 37.4. The Kier molecular flexibility index (Phi) is 4.25. The van der Waals surface area contributed by atoms with Crippen LogP contribution in [-0.2, 0) is 16.6 Å². The number of likely N-dealkylation sites (N-methyl/N-ethyl adjacent to an activating group) is 1. The van der Waals surface area contributed by atoms with Crippen LogP contribution in [0.5, 0.6) is 0 Å². The molecule has 2 aromatic rings. The number of carbonyl (C=O) groups is 2. The predicted molar refractivity (Wildman–Crippen MR) is 80.6 cm³/mol. The van der Waals surface area contributed by atoms with Crippen molar-refractivity contribution in [3.05, 3.63) is 40.3 Å². The standard InChI is InChI=1S/C15H17N3O4/c1-9(13(19)17(2)3)22-15(21)12-10-7-5-6-8-11(10)14(20)18(4)16-12/h5-9H,1-4H3/t9-/m1/s1. The van der Waals surface area contributed by atoms with Crippen LogP contribution in [0.4, 0.5) is 0 Å². The summed E-state index contributed by atoms with van der Waals surface area (Å²) in [5.74, 6) is -1.07. The maximum Gasteiger partial charge on any atom is 0.360 e. The van der Waals surface area contributed by atoms with E-state index in [0.717, 1.165) is 4.68 Å². The largest absolute Gasteiger partial charge is 0.448 e. The van der Waals surface area contributed by atoms with Gasteiger partial charge in [-0.1, -0.05) is 18.2 Å². The summed E-state index contributed by atoms with van der Waals surface area (Å²) in [5.41, 5.74) is -0.291. The van der Waals surface area contributed by atoms with Crippen LogP contribution in [0, 0.1) is 0 Å². The van der Waals surface area contributed by atoms with Crippen LogP contribution in [0.25, 0.3) is 10.8 Å². The highest BCUT2D eigenvalue weighted by Crippen LogP contribution is 2.14. The van der Waals surface area contributed by atoms with E-state index in [1.807, 2.05) is 0 Å². The molecule has 1 aromatic heterocycles. The van der Waals surface area contributed by atoms with Gasteiger partial charge in [0, 0.05) is 26.5 Å². The lowest BCUT2D eigenvalue weighted by atomic mass is 10.1. The maximum absolute atomic E-state index is 12.3. The number of amides is 1. The number of hydrogen-bond donors (Lipinski definition) is 0. The van der Waals surface area contributed by atoms with E-state index in [1.165, 1.54) is 18.9 Å². The average molecular weight is 303 g/mol. The molecular formula is C15H17N3O4. The Balaban J connectivity index is 2.43. The highest BCUT2D eigenvalue weighted by molar-refractivity contribution is 6.02. The van der Waals surface area contributed by atoms with Crippen LogP contribution >= 0.6 is 0 Å². The van der Waals surface area contributed by atoms with E-state index in [2.05, 4.69) is 5.10 Å². The SMILES string of the molecule is C[C@@H](OC(=O)c1nn(C)c(=O)c2ccccc12)C(=O)N(C)C. The number of fused-ring (bicyclic) bond motifs is 1. The molecule has 0 saturated heterocycles. The lowest BCUT2D eigenvalue weighted by Crippen LogP contribution is -2.35. The first-order chi connectivity index (χ1) is 10.3. The Morgan fingerprint density at radius 2 is 1.82 bits per heavy atom. The lowest BCUT2D eigenvalue weighted by Gasteiger charge is -2.17. The van der Waals surface area contributed by atoms with Crippen molar-refractivity contribution in [1.82, 2.24) is 14.7 Å². The normalized spacial score (nSPS) is 12.0. The number of benzene rings is 1. The van der Waals surface area contributed by atoms with Gasteiger partial charge in [-0.15, -0.1) is 0 Å². The predicted octanol–water partition coefficient (Wildman–Crippen LogP) is 0.567. The molecule has 22 heavy (non-hydrogen) atoms. The molecular weight excluding hydrogens is 286 g/mol. The molecule has 0 fully saturated rings. The van der Waals surface area contributed by atoms with Gasteiger partial charge in [0.1, 0.15) is 0 Å². The molecule has 0 unspecified atom stereocenters. The minimum Gasteiger partial charge on any atom is -0.448 e. The maximum atomic E-state index is 12.3. The Morgan fingerprint density at radius 3 is 2.41 bits per heavy atom. The van der Waals surface area contributed by atoms with Crippen molar-refractivity contribution in [2.45, 2.75) is 13.0 Å². The van der Waals surface area contributed by atoms with Crippen LogP contribution in [-0.4, -0.2) is 46.8 Å². The van der Waals surface area contributed by atoms with Gasteiger partial charge in [-0.2, -0.15) is 5.10 Å². The highest BCUT2D eigenvalue weighted by atomic mass is 16.5. The third-order valence-corrected chi connectivity index (χ3v) is 3.22. The number of carbonyl (C=O) groups excluding carboxylic acids is 2. The summed E-state index contributed by atoms with van der Waals surface area (Å²) in [5, 5.41) is 4.74. The molecule has 7 nitrogen and oxygen atoms in total. The van der Waals surface area contributed by atoms with E-state index in [-0.39, 0.29) is 17.2 Å². The molecule has 1 heterocycles. The molecule has 1 aromatic carbocycles. The zero-order chi connectivity index (χ0) is 16.4. The molecule has 0 bridgehead atoms. The highest BCUT2D eigenvalue weighted by Gasteiger charge is 2.23. The number of nitrogens with zero attached hydrogens (tertiary/aromatic N) is 3. The molecule has 0 spiro atoms. The van der Waals surface area contributed by atoms with Gasteiger partial charge in [0.25, 0.3) is 11.5 Å². The Hall–Kier alpha value is -2.70. The summed E-state index contributed by atoms with van der Waals surface area (Å²) >= 11 is 0. The molecule has 0 aliphatic carbocycles. The number of rotatable bonds is 3. The van der Waals surface area contributed by atoms with Gasteiger partial charge in [0.15, 0.2) is 11.8 Å². The summed E-state index contributed by atoms with van der Waals surface area (Å²) in [6.45, 7) is 1.49. The van der Waals surface area contributed by atoms with Crippen LogP contribution in [0.3, 0.4) is 0 Å². The molecule has 0 aliphatic rings. The topological polar surface area (TPSA) is 81.5 Å². The Labute approximate surface area is 127 Å². The number of aromatic nitrogens is 2. The molecule has 1 amide bonds.